The minimum Gasteiger partial charge on any atom is -0.462 e. The van der Waals surface area contributed by atoms with Gasteiger partial charge in [-0.25, -0.2) is 9.59 Å². The van der Waals surface area contributed by atoms with E-state index in [9.17, 15) is 9.59 Å². The number of rotatable bonds is 16. The number of thiophene rings is 2. The van der Waals surface area contributed by atoms with E-state index >= 15 is 0 Å². The van der Waals surface area contributed by atoms with Gasteiger partial charge in [0.05, 0.1) is 17.2 Å². The van der Waals surface area contributed by atoms with Crippen molar-refractivity contribution in [3.63, 3.8) is 0 Å². The summed E-state index contributed by atoms with van der Waals surface area (Å²) in [5.41, 5.74) is 1.75. The van der Waals surface area contributed by atoms with Crippen LogP contribution in [-0.4, -0.2) is 65.7 Å². The van der Waals surface area contributed by atoms with Gasteiger partial charge in [-0.3, -0.25) is 0 Å². The summed E-state index contributed by atoms with van der Waals surface area (Å²) in [6.45, 7) is 8.08. The van der Waals surface area contributed by atoms with E-state index in [-0.39, 0.29) is 11.9 Å². The minimum absolute atomic E-state index is 0.313. The number of carbonyl (C=O) groups excluding carboxylic acids is 2. The van der Waals surface area contributed by atoms with Crippen molar-refractivity contribution in [2.75, 3.05) is 53.7 Å². The zero-order chi connectivity index (χ0) is 23.3. The lowest BCUT2D eigenvalue weighted by Crippen LogP contribution is -2.20. The van der Waals surface area contributed by atoms with Gasteiger partial charge in [-0.15, -0.1) is 22.7 Å². The minimum atomic E-state index is -0.328. The molecule has 0 saturated carbocycles. The molecule has 8 nitrogen and oxygen atoms in total. The fourth-order valence-corrected chi connectivity index (χ4v) is 5.87. The summed E-state index contributed by atoms with van der Waals surface area (Å²) in [5.74, 6) is -0.655. The Bertz CT molecular complexity index is 799. The number of hydrogen-bond acceptors (Lipinski definition) is 10. The Hall–Kier alpha value is -1.56. The number of esters is 2. The summed E-state index contributed by atoms with van der Waals surface area (Å²) < 4.78 is 21.7. The molecule has 0 atom stereocenters. The van der Waals surface area contributed by atoms with Crippen molar-refractivity contribution in [1.29, 1.82) is 0 Å². The molecule has 0 amide bonds. The third-order valence-corrected chi connectivity index (χ3v) is 7.19. The summed E-state index contributed by atoms with van der Waals surface area (Å²) in [5, 5.41) is 7.74. The second-order valence-electron chi connectivity index (χ2n) is 6.97. The van der Waals surface area contributed by atoms with E-state index in [0.29, 0.717) is 49.3 Å². The molecule has 2 rings (SSSR count). The Morgan fingerprint density at radius 3 is 1.59 bits per heavy atom. The summed E-state index contributed by atoms with van der Waals surface area (Å²) in [4.78, 5) is 26.5. The van der Waals surface area contributed by atoms with Crippen molar-refractivity contribution >= 4 is 44.0 Å². The van der Waals surface area contributed by atoms with E-state index in [0.717, 1.165) is 46.5 Å². The molecule has 0 bridgehead atoms. The molecular formula is C22H34N2O6S2. The maximum Gasteiger partial charge on any atom is 0.348 e. The van der Waals surface area contributed by atoms with E-state index in [4.69, 9.17) is 18.9 Å². The zero-order valence-corrected chi connectivity index (χ0v) is 21.0. The normalized spacial score (nSPS) is 11.2. The lowest BCUT2D eigenvalue weighted by Gasteiger charge is -2.10. The molecule has 0 fully saturated rings. The summed E-state index contributed by atoms with van der Waals surface area (Å²) in [6.07, 6.45) is 1.73. The highest BCUT2D eigenvalue weighted by molar-refractivity contribution is 7.40. The third-order valence-electron chi connectivity index (χ3n) is 4.67. The molecular weight excluding hydrogens is 452 g/mol. The van der Waals surface area contributed by atoms with Gasteiger partial charge in [-0.05, 0) is 39.8 Å². The Labute approximate surface area is 197 Å². The molecule has 10 heteroatoms. The monoisotopic (exact) mass is 486 g/mol. The van der Waals surface area contributed by atoms with Crippen molar-refractivity contribution in [2.24, 2.45) is 0 Å². The molecule has 0 spiro atoms. The van der Waals surface area contributed by atoms with Gasteiger partial charge >= 0.3 is 11.9 Å². The average Bonchev–Trinajstić information content (AvgIpc) is 3.31. The van der Waals surface area contributed by atoms with Crippen LogP contribution in [0.3, 0.4) is 0 Å². The van der Waals surface area contributed by atoms with E-state index in [2.05, 4.69) is 10.6 Å². The fourth-order valence-electron chi connectivity index (χ4n) is 3.26. The molecule has 0 aliphatic carbocycles. The predicted octanol–water partition coefficient (Wildman–Crippen LogP) is 3.57. The van der Waals surface area contributed by atoms with Crippen LogP contribution in [-0.2, 0) is 32.0 Å². The Morgan fingerprint density at radius 1 is 0.781 bits per heavy atom. The van der Waals surface area contributed by atoms with Crippen LogP contribution in [0.4, 0.5) is 0 Å². The quantitative estimate of drug-likeness (QED) is 0.275. The van der Waals surface area contributed by atoms with Crippen molar-refractivity contribution in [3.05, 3.63) is 20.9 Å². The molecule has 0 saturated heterocycles. The maximum atomic E-state index is 12.7. The van der Waals surface area contributed by atoms with E-state index < -0.39 is 0 Å². The van der Waals surface area contributed by atoms with E-state index in [1.807, 2.05) is 0 Å². The SMILES string of the molecule is CCOC(=O)c1sc2sc(C(=O)OCC)c(CNCCCOC)c2c1CNCCCOC. The van der Waals surface area contributed by atoms with Gasteiger partial charge in [0.25, 0.3) is 0 Å². The molecule has 2 aromatic rings. The lowest BCUT2D eigenvalue weighted by molar-refractivity contribution is 0.0522. The lowest BCUT2D eigenvalue weighted by atomic mass is 10.1. The highest BCUT2D eigenvalue weighted by Crippen LogP contribution is 2.42. The second-order valence-corrected chi connectivity index (χ2v) is 9.27. The molecule has 2 aromatic heterocycles. The van der Waals surface area contributed by atoms with E-state index in [1.165, 1.54) is 22.7 Å². The first-order chi connectivity index (χ1) is 15.6. The first kappa shape index (κ1) is 26.7. The number of methoxy groups -OCH3 is 2. The number of hydrogen-bond donors (Lipinski definition) is 2. The third kappa shape index (κ3) is 7.23. The Morgan fingerprint density at radius 2 is 1.22 bits per heavy atom. The van der Waals surface area contributed by atoms with Gasteiger partial charge in [-0.2, -0.15) is 0 Å². The summed E-state index contributed by atoms with van der Waals surface area (Å²) in [6, 6.07) is 0. The van der Waals surface area contributed by atoms with Crippen LogP contribution in [0, 0.1) is 0 Å². The fraction of sp³-hybridized carbons (Fsp3) is 0.636. The topological polar surface area (TPSA) is 95.1 Å². The molecule has 2 N–H and O–H groups in total. The maximum absolute atomic E-state index is 12.7. The first-order valence-electron chi connectivity index (χ1n) is 10.9. The van der Waals surface area contributed by atoms with Crippen LogP contribution in [0.5, 0.6) is 0 Å². The van der Waals surface area contributed by atoms with Crippen molar-refractivity contribution in [2.45, 2.75) is 39.8 Å². The molecule has 0 aromatic carbocycles. The van der Waals surface area contributed by atoms with Crippen molar-refractivity contribution in [1.82, 2.24) is 10.6 Å². The van der Waals surface area contributed by atoms with Gasteiger partial charge in [0, 0.05) is 57.0 Å². The number of nitrogens with one attached hydrogen (secondary N) is 2. The molecule has 32 heavy (non-hydrogen) atoms. The van der Waals surface area contributed by atoms with Gasteiger partial charge in [0.1, 0.15) is 9.75 Å². The second kappa shape index (κ2) is 14.6. The van der Waals surface area contributed by atoms with Crippen molar-refractivity contribution in [3.8, 4) is 0 Å². The summed E-state index contributed by atoms with van der Waals surface area (Å²) >= 11 is 2.76. The van der Waals surface area contributed by atoms with Gasteiger partial charge in [0.2, 0.25) is 0 Å². The van der Waals surface area contributed by atoms with Crippen LogP contribution in [0.2, 0.25) is 0 Å². The Balaban J connectivity index is 2.41. The van der Waals surface area contributed by atoms with Crippen LogP contribution < -0.4 is 10.6 Å². The molecule has 2 heterocycles. The smallest absolute Gasteiger partial charge is 0.348 e. The van der Waals surface area contributed by atoms with Crippen LogP contribution >= 0.6 is 22.7 Å². The molecule has 0 radical (unpaired) electrons. The zero-order valence-electron chi connectivity index (χ0n) is 19.3. The van der Waals surface area contributed by atoms with Gasteiger partial charge in [0.15, 0.2) is 0 Å². The largest absolute Gasteiger partial charge is 0.462 e. The highest BCUT2D eigenvalue weighted by Gasteiger charge is 2.27. The molecule has 180 valence electrons. The molecule has 0 aliphatic rings. The van der Waals surface area contributed by atoms with Crippen molar-refractivity contribution < 1.29 is 28.5 Å². The number of carbonyl (C=O) groups is 2. The predicted molar refractivity (Wildman–Crippen MR) is 128 cm³/mol. The van der Waals surface area contributed by atoms with Gasteiger partial charge in [-0.1, -0.05) is 0 Å². The average molecular weight is 487 g/mol. The number of ether oxygens (including phenoxy) is 4. The first-order valence-corrected chi connectivity index (χ1v) is 12.5. The standard InChI is InChI=1S/C22H34N2O6S2/c1-5-29-20(25)18-15(13-23-9-7-11-27-3)17-16(14-24-10-8-12-28-4)19(21(26)30-6-2)32-22(17)31-18/h23-24H,5-14H2,1-4H3. The van der Waals surface area contributed by atoms with Crippen LogP contribution in [0.15, 0.2) is 0 Å². The van der Waals surface area contributed by atoms with Gasteiger partial charge < -0.3 is 29.6 Å². The van der Waals surface area contributed by atoms with Crippen LogP contribution in [0.25, 0.3) is 9.40 Å². The Kier molecular flexibility index (Phi) is 12.1. The van der Waals surface area contributed by atoms with E-state index in [1.54, 1.807) is 28.1 Å². The number of fused-ring (bicyclic) bond motifs is 1. The molecule has 0 unspecified atom stereocenters. The highest BCUT2D eigenvalue weighted by atomic mass is 32.2. The van der Waals surface area contributed by atoms with Crippen LogP contribution in [0.1, 0.15) is 57.2 Å². The molecule has 0 aliphatic heterocycles. The summed E-state index contributed by atoms with van der Waals surface area (Å²) in [7, 11) is 3.35.